The van der Waals surface area contributed by atoms with Crippen LogP contribution in [0.4, 0.5) is 8.78 Å². The number of allylic oxidation sites excluding steroid dienone is 2. The molecule has 1 aliphatic heterocycles. The van der Waals surface area contributed by atoms with Crippen LogP contribution < -0.4 is 26.3 Å². The average molecular weight is 421 g/mol. The van der Waals surface area contributed by atoms with Crippen LogP contribution in [0.5, 0.6) is 5.75 Å². The first-order valence-corrected chi connectivity index (χ1v) is 10.1. The number of nitrogens with one attached hydrogen (secondary N) is 2. The van der Waals surface area contributed by atoms with Crippen molar-refractivity contribution in [3.05, 3.63) is 92.5 Å². The van der Waals surface area contributed by atoms with Gasteiger partial charge in [0.05, 0.1) is 5.92 Å². The molecule has 31 heavy (non-hydrogen) atoms. The number of hydrogen-bond acceptors (Lipinski definition) is 3. The van der Waals surface area contributed by atoms with Crippen molar-refractivity contribution in [3.8, 4) is 5.75 Å². The van der Waals surface area contributed by atoms with E-state index in [0.29, 0.717) is 42.1 Å². The molecule has 1 aromatic carbocycles. The molecule has 2 N–H and O–H groups in total. The Hall–Kier alpha value is -3.45. The molecular weight excluding hydrogens is 400 g/mol. The van der Waals surface area contributed by atoms with Crippen molar-refractivity contribution in [2.45, 2.75) is 25.5 Å². The van der Waals surface area contributed by atoms with Gasteiger partial charge in [-0.2, -0.15) is 0 Å². The van der Waals surface area contributed by atoms with Crippen LogP contribution in [0.1, 0.15) is 22.6 Å². The number of pyridine rings is 1. The molecule has 1 unspecified atom stereocenters. The highest BCUT2D eigenvalue weighted by molar-refractivity contribution is 5.79. The number of benzene rings is 1. The van der Waals surface area contributed by atoms with E-state index < -0.39 is 12.3 Å². The number of nitrogens with zero attached hydrogens (tertiary/aromatic N) is 1. The molecule has 0 fully saturated rings. The minimum atomic E-state index is -2.58. The zero-order valence-electron chi connectivity index (χ0n) is 16.6. The first-order chi connectivity index (χ1) is 15.1. The summed E-state index contributed by atoms with van der Waals surface area (Å²) in [5, 5.41) is 4.70. The quantitative estimate of drug-likeness (QED) is 0.665. The summed E-state index contributed by atoms with van der Waals surface area (Å²) < 4.78 is 35.0. The van der Waals surface area contributed by atoms with Gasteiger partial charge in [-0.15, -0.1) is 0 Å². The second-order valence-corrected chi connectivity index (χ2v) is 7.62. The van der Waals surface area contributed by atoms with Crippen molar-refractivity contribution in [2.24, 2.45) is 0 Å². The van der Waals surface area contributed by atoms with Crippen LogP contribution in [0.15, 0.2) is 59.5 Å². The average Bonchev–Trinajstić information content (AvgIpc) is 3.16. The lowest BCUT2D eigenvalue weighted by Gasteiger charge is -2.20. The number of halogens is 2. The largest absolute Gasteiger partial charge is 0.489 e. The van der Waals surface area contributed by atoms with Gasteiger partial charge in [0.25, 0.3) is 5.56 Å². The molecule has 3 aromatic rings. The Morgan fingerprint density at radius 3 is 2.77 bits per heavy atom. The molecule has 0 radical (unpaired) electrons. The topological polar surface area (TPSA) is 59.0 Å². The van der Waals surface area contributed by atoms with Gasteiger partial charge in [-0.1, -0.05) is 30.3 Å². The first-order valence-electron chi connectivity index (χ1n) is 10.1. The van der Waals surface area contributed by atoms with Gasteiger partial charge >= 0.3 is 0 Å². The van der Waals surface area contributed by atoms with Gasteiger partial charge in [0, 0.05) is 41.7 Å². The maximum atomic E-state index is 14.0. The Bertz CT molecular complexity index is 1320. The number of rotatable bonds is 5. The normalized spacial score (nSPS) is 17.3. The number of hydrogen-bond donors (Lipinski definition) is 2. The van der Waals surface area contributed by atoms with Crippen LogP contribution in [-0.2, 0) is 13.2 Å². The van der Waals surface area contributed by atoms with Crippen molar-refractivity contribution in [2.75, 3.05) is 6.54 Å². The molecule has 5 rings (SSSR count). The number of alkyl halides is 2. The maximum absolute atomic E-state index is 14.0. The molecule has 1 aliphatic carbocycles. The Kier molecular flexibility index (Phi) is 5.03. The molecule has 7 heteroatoms. The second-order valence-electron chi connectivity index (χ2n) is 7.62. The van der Waals surface area contributed by atoms with E-state index in [4.69, 9.17) is 4.74 Å². The number of H-pyrrole nitrogens is 1. The van der Waals surface area contributed by atoms with Crippen LogP contribution >= 0.6 is 0 Å². The fraction of sp³-hybridized carbons (Fsp3) is 0.208. The summed E-state index contributed by atoms with van der Waals surface area (Å²) >= 11 is 0. The summed E-state index contributed by atoms with van der Waals surface area (Å²) in [5.74, 6) is -0.646. The Balaban J connectivity index is 1.48. The molecule has 2 aliphatic rings. The van der Waals surface area contributed by atoms with Gasteiger partial charge < -0.3 is 15.0 Å². The van der Waals surface area contributed by atoms with Crippen molar-refractivity contribution >= 4 is 17.8 Å². The summed E-state index contributed by atoms with van der Waals surface area (Å²) in [6.45, 7) is 1.58. The van der Waals surface area contributed by atoms with Crippen molar-refractivity contribution < 1.29 is 13.5 Å². The number of aromatic amines is 1. The van der Waals surface area contributed by atoms with E-state index in [1.807, 2.05) is 36.4 Å². The summed E-state index contributed by atoms with van der Waals surface area (Å²) in [7, 11) is 0. The predicted molar refractivity (Wildman–Crippen MR) is 115 cm³/mol. The minimum Gasteiger partial charge on any atom is -0.489 e. The van der Waals surface area contributed by atoms with E-state index in [9.17, 15) is 13.6 Å². The van der Waals surface area contributed by atoms with Gasteiger partial charge in [0.2, 0.25) is 6.43 Å². The molecule has 1 atom stereocenters. The van der Waals surface area contributed by atoms with Gasteiger partial charge in [-0.25, -0.2) is 8.78 Å². The molecule has 0 spiro atoms. The van der Waals surface area contributed by atoms with Crippen molar-refractivity contribution in [1.82, 2.24) is 14.9 Å². The van der Waals surface area contributed by atoms with Crippen LogP contribution in [0, 0.1) is 0 Å². The van der Waals surface area contributed by atoms with Crippen LogP contribution in [0.3, 0.4) is 0 Å². The minimum absolute atomic E-state index is 0.339. The lowest BCUT2D eigenvalue weighted by atomic mass is 9.91. The highest BCUT2D eigenvalue weighted by atomic mass is 19.3. The van der Waals surface area contributed by atoms with Crippen LogP contribution in [-0.4, -0.2) is 22.5 Å². The van der Waals surface area contributed by atoms with Gasteiger partial charge in [0.15, 0.2) is 0 Å². The molecule has 0 bridgehead atoms. The van der Waals surface area contributed by atoms with Crippen molar-refractivity contribution in [3.63, 3.8) is 0 Å². The third-order valence-corrected chi connectivity index (χ3v) is 5.63. The standard InChI is InChI=1S/C24H21F2N3O2/c25-24(26)18-10-16(11-21-23(18)19-13-27-8-6-20(19)28-21)29-9-7-17(12-22(29)30)31-14-15-4-2-1-3-5-15/h1-7,9-12,18,24,27-28H,8,13-14H2. The predicted octanol–water partition coefficient (Wildman–Crippen LogP) is 2.32. The molecule has 158 valence electrons. The smallest absolute Gasteiger partial charge is 0.258 e. The second kappa shape index (κ2) is 8.00. The highest BCUT2D eigenvalue weighted by Gasteiger charge is 2.29. The molecule has 3 heterocycles. The maximum Gasteiger partial charge on any atom is 0.258 e. The fourth-order valence-corrected chi connectivity index (χ4v) is 4.14. The van der Waals surface area contributed by atoms with Crippen LogP contribution in [0.2, 0.25) is 0 Å². The van der Waals surface area contributed by atoms with Gasteiger partial charge in [-0.05, 0) is 41.0 Å². The third-order valence-electron chi connectivity index (χ3n) is 5.63. The fourth-order valence-electron chi connectivity index (χ4n) is 4.14. The Labute approximate surface area is 177 Å². The number of fused-ring (bicyclic) bond motifs is 3. The molecule has 0 saturated heterocycles. The zero-order chi connectivity index (χ0) is 21.4. The van der Waals surface area contributed by atoms with Gasteiger partial charge in [0.1, 0.15) is 12.4 Å². The lowest BCUT2D eigenvalue weighted by Crippen LogP contribution is -2.28. The Morgan fingerprint density at radius 1 is 1.16 bits per heavy atom. The third kappa shape index (κ3) is 3.72. The van der Waals surface area contributed by atoms with Crippen molar-refractivity contribution in [1.29, 1.82) is 0 Å². The van der Waals surface area contributed by atoms with E-state index in [2.05, 4.69) is 10.3 Å². The molecule has 2 aromatic heterocycles. The number of ether oxygens (including phenoxy) is 1. The summed E-state index contributed by atoms with van der Waals surface area (Å²) in [6.07, 6.45) is 4.18. The van der Waals surface area contributed by atoms with Crippen LogP contribution in [0.25, 0.3) is 17.8 Å². The number of aromatic nitrogens is 2. The monoisotopic (exact) mass is 421 g/mol. The van der Waals surface area contributed by atoms with E-state index in [1.54, 1.807) is 18.3 Å². The molecule has 0 saturated carbocycles. The highest BCUT2D eigenvalue weighted by Crippen LogP contribution is 2.30. The SMILES string of the molecule is O=c1cc(OCc2ccccc2)ccn1C1=CC(C(F)F)c2c3c([nH]c2=C1)=CCNC3. The lowest BCUT2D eigenvalue weighted by molar-refractivity contribution is 0.131. The molecule has 0 amide bonds. The summed E-state index contributed by atoms with van der Waals surface area (Å²) in [4.78, 5) is 16.0. The first kappa shape index (κ1) is 19.5. The van der Waals surface area contributed by atoms with E-state index in [0.717, 1.165) is 16.5 Å². The molecule has 5 nitrogen and oxygen atoms in total. The van der Waals surface area contributed by atoms with E-state index >= 15 is 0 Å². The summed E-state index contributed by atoms with van der Waals surface area (Å²) in [6, 6.07) is 12.7. The molecular formula is C24H21F2N3O2. The summed E-state index contributed by atoms with van der Waals surface area (Å²) in [5.41, 5.74) is 2.55. The Morgan fingerprint density at radius 2 is 2.00 bits per heavy atom. The van der Waals surface area contributed by atoms with E-state index in [1.165, 1.54) is 16.7 Å². The van der Waals surface area contributed by atoms with Gasteiger partial charge in [-0.3, -0.25) is 9.36 Å². The van der Waals surface area contributed by atoms with E-state index in [-0.39, 0.29) is 5.56 Å². The zero-order valence-corrected chi connectivity index (χ0v) is 16.6.